The van der Waals surface area contributed by atoms with Crippen LogP contribution in [0.25, 0.3) is 28.0 Å². The second kappa shape index (κ2) is 6.28. The second-order valence-electron chi connectivity index (χ2n) is 8.10. The molecule has 1 aliphatic heterocycles. The van der Waals surface area contributed by atoms with Gasteiger partial charge in [0.05, 0.1) is 16.2 Å². The van der Waals surface area contributed by atoms with Crippen molar-refractivity contribution in [3.8, 4) is 0 Å². The lowest BCUT2D eigenvalue weighted by molar-refractivity contribution is -0.401. The zero-order valence-corrected chi connectivity index (χ0v) is 16.8. The molecule has 0 fully saturated rings. The first-order valence-electron chi connectivity index (χ1n) is 9.81. The van der Waals surface area contributed by atoms with Crippen molar-refractivity contribution in [1.82, 2.24) is 0 Å². The lowest BCUT2D eigenvalue weighted by Gasteiger charge is -2.15. The number of rotatable bonds is 2. The van der Waals surface area contributed by atoms with Crippen molar-refractivity contribution in [2.45, 2.75) is 19.3 Å². The average molecular weight is 380 g/mol. The van der Waals surface area contributed by atoms with Crippen LogP contribution < -0.4 is 5.43 Å². The standard InChI is InChI=1S/C26H22NO2/c1-26(2)20-9-5-6-10-21(20)27(3)24(26)15-13-17-12-14-19-23(16-17)29-22-11-7-4-8-18(22)25(19)28/h4-16H,1-3H3/q+1/b15-13+. The van der Waals surface area contributed by atoms with Gasteiger partial charge in [-0.25, -0.2) is 0 Å². The molecule has 1 aliphatic rings. The highest BCUT2D eigenvalue weighted by atomic mass is 16.3. The van der Waals surface area contributed by atoms with Gasteiger partial charge in [0, 0.05) is 17.7 Å². The van der Waals surface area contributed by atoms with Gasteiger partial charge in [0.15, 0.2) is 5.71 Å². The number of hydrogen-bond donors (Lipinski definition) is 0. The van der Waals surface area contributed by atoms with Crippen molar-refractivity contribution in [2.24, 2.45) is 0 Å². The smallest absolute Gasteiger partial charge is 0.209 e. The summed E-state index contributed by atoms with van der Waals surface area (Å²) in [5, 5.41) is 1.23. The van der Waals surface area contributed by atoms with Gasteiger partial charge in [-0.3, -0.25) is 4.79 Å². The number of benzene rings is 3. The predicted octanol–water partition coefficient (Wildman–Crippen LogP) is 5.67. The lowest BCUT2D eigenvalue weighted by atomic mass is 9.81. The first-order chi connectivity index (χ1) is 14.0. The predicted molar refractivity (Wildman–Crippen MR) is 119 cm³/mol. The Morgan fingerprint density at radius 2 is 1.59 bits per heavy atom. The number of hydrogen-bond acceptors (Lipinski definition) is 2. The molecule has 3 aromatic carbocycles. The number of para-hydroxylation sites is 2. The maximum absolute atomic E-state index is 12.7. The first-order valence-corrected chi connectivity index (χ1v) is 9.81. The molecule has 2 heterocycles. The van der Waals surface area contributed by atoms with Crippen molar-refractivity contribution in [3.05, 3.63) is 94.2 Å². The maximum Gasteiger partial charge on any atom is 0.209 e. The summed E-state index contributed by atoms with van der Waals surface area (Å²) in [6, 6.07) is 21.7. The van der Waals surface area contributed by atoms with Crippen LogP contribution in [0.1, 0.15) is 25.0 Å². The van der Waals surface area contributed by atoms with Gasteiger partial charge < -0.3 is 4.42 Å². The van der Waals surface area contributed by atoms with Crippen LogP contribution in [0.5, 0.6) is 0 Å². The van der Waals surface area contributed by atoms with E-state index in [-0.39, 0.29) is 10.8 Å². The molecule has 5 rings (SSSR count). The van der Waals surface area contributed by atoms with Gasteiger partial charge in [-0.05, 0) is 49.8 Å². The molecule has 0 amide bonds. The van der Waals surface area contributed by atoms with E-state index in [1.54, 1.807) is 6.07 Å². The molecule has 0 unspecified atom stereocenters. The third-order valence-corrected chi connectivity index (χ3v) is 5.98. The van der Waals surface area contributed by atoms with E-state index in [4.69, 9.17) is 4.42 Å². The number of allylic oxidation sites excluding steroid dienone is 1. The minimum atomic E-state index is -0.0680. The molecule has 0 saturated heterocycles. The van der Waals surface area contributed by atoms with E-state index >= 15 is 0 Å². The summed E-state index contributed by atoms with van der Waals surface area (Å²) in [5.74, 6) is 0. The van der Waals surface area contributed by atoms with Crippen LogP contribution in [-0.2, 0) is 5.41 Å². The molecule has 0 radical (unpaired) electrons. The van der Waals surface area contributed by atoms with Gasteiger partial charge in [-0.15, -0.1) is 0 Å². The normalized spacial score (nSPS) is 15.6. The van der Waals surface area contributed by atoms with E-state index in [1.165, 1.54) is 17.0 Å². The monoisotopic (exact) mass is 380 g/mol. The molecule has 3 nitrogen and oxygen atoms in total. The van der Waals surface area contributed by atoms with Crippen LogP contribution >= 0.6 is 0 Å². The summed E-state index contributed by atoms with van der Waals surface area (Å²) in [4.78, 5) is 12.7. The summed E-state index contributed by atoms with van der Waals surface area (Å²) in [7, 11) is 2.11. The molecule has 4 aromatic rings. The van der Waals surface area contributed by atoms with E-state index < -0.39 is 0 Å². The molecular weight excluding hydrogens is 358 g/mol. The van der Waals surface area contributed by atoms with Crippen molar-refractivity contribution in [3.63, 3.8) is 0 Å². The van der Waals surface area contributed by atoms with Crippen LogP contribution in [0.2, 0.25) is 0 Å². The molecule has 0 saturated carbocycles. The molecule has 1 aromatic heterocycles. The maximum atomic E-state index is 12.7. The third-order valence-electron chi connectivity index (χ3n) is 5.98. The van der Waals surface area contributed by atoms with Gasteiger partial charge >= 0.3 is 0 Å². The van der Waals surface area contributed by atoms with Crippen molar-refractivity contribution < 1.29 is 8.99 Å². The van der Waals surface area contributed by atoms with Crippen LogP contribution in [-0.4, -0.2) is 17.3 Å². The summed E-state index contributed by atoms with van der Waals surface area (Å²) >= 11 is 0. The zero-order chi connectivity index (χ0) is 20.2. The molecule has 0 N–H and O–H groups in total. The highest BCUT2D eigenvalue weighted by molar-refractivity contribution is 6.05. The van der Waals surface area contributed by atoms with Gasteiger partial charge in [-0.1, -0.05) is 36.4 Å². The molecule has 3 heteroatoms. The van der Waals surface area contributed by atoms with Crippen LogP contribution in [0, 0.1) is 0 Å². The summed E-state index contributed by atoms with van der Waals surface area (Å²) in [6.07, 6.45) is 4.26. The number of fused-ring (bicyclic) bond motifs is 3. The van der Waals surface area contributed by atoms with Crippen molar-refractivity contribution in [2.75, 3.05) is 7.05 Å². The van der Waals surface area contributed by atoms with Gasteiger partial charge in [-0.2, -0.15) is 4.58 Å². The van der Waals surface area contributed by atoms with Gasteiger partial charge in [0.1, 0.15) is 18.2 Å². The average Bonchev–Trinajstić information content (AvgIpc) is 2.92. The highest BCUT2D eigenvalue weighted by Crippen LogP contribution is 2.39. The van der Waals surface area contributed by atoms with E-state index in [0.717, 1.165) is 5.56 Å². The molecule has 0 atom stereocenters. The Hall–Kier alpha value is -3.46. The lowest BCUT2D eigenvalue weighted by Crippen LogP contribution is -2.26. The second-order valence-corrected chi connectivity index (χ2v) is 8.10. The third kappa shape index (κ3) is 2.65. The largest absolute Gasteiger partial charge is 0.456 e. The fraction of sp³-hybridized carbons (Fsp3) is 0.154. The Kier molecular flexibility index (Phi) is 3.82. The Morgan fingerprint density at radius 3 is 2.41 bits per heavy atom. The fourth-order valence-corrected chi connectivity index (χ4v) is 4.40. The minimum absolute atomic E-state index is 0.0128. The van der Waals surface area contributed by atoms with Crippen LogP contribution in [0.3, 0.4) is 0 Å². The van der Waals surface area contributed by atoms with Crippen molar-refractivity contribution >= 4 is 39.4 Å². The molecule has 0 spiro atoms. The Balaban J connectivity index is 1.59. The summed E-state index contributed by atoms with van der Waals surface area (Å²) in [5.41, 5.74) is 5.99. The summed E-state index contributed by atoms with van der Waals surface area (Å²) in [6.45, 7) is 4.50. The van der Waals surface area contributed by atoms with E-state index in [2.05, 4.69) is 61.9 Å². The van der Waals surface area contributed by atoms with E-state index in [1.807, 2.05) is 36.4 Å². The van der Waals surface area contributed by atoms with Crippen LogP contribution in [0.15, 0.2) is 82.0 Å². The molecule has 29 heavy (non-hydrogen) atoms. The number of nitrogens with zero attached hydrogens (tertiary/aromatic N) is 1. The Morgan fingerprint density at radius 1 is 0.862 bits per heavy atom. The Bertz CT molecular complexity index is 1400. The molecular formula is C26H22NO2+. The highest BCUT2D eigenvalue weighted by Gasteiger charge is 2.42. The summed E-state index contributed by atoms with van der Waals surface area (Å²) < 4.78 is 8.25. The van der Waals surface area contributed by atoms with Gasteiger partial charge in [0.25, 0.3) is 0 Å². The molecule has 0 bridgehead atoms. The minimum Gasteiger partial charge on any atom is -0.456 e. The SMILES string of the molecule is C[N+]1=C(/C=C/c2ccc3c(=O)c4ccccc4oc3c2)C(C)(C)c2ccccc21. The molecule has 0 aliphatic carbocycles. The first kappa shape index (κ1) is 17.6. The van der Waals surface area contributed by atoms with Crippen molar-refractivity contribution in [1.29, 1.82) is 0 Å². The zero-order valence-electron chi connectivity index (χ0n) is 16.8. The van der Waals surface area contributed by atoms with Gasteiger partial charge in [0.2, 0.25) is 11.1 Å². The molecule has 142 valence electrons. The van der Waals surface area contributed by atoms with E-state index in [9.17, 15) is 4.79 Å². The topological polar surface area (TPSA) is 33.2 Å². The van der Waals surface area contributed by atoms with E-state index in [0.29, 0.717) is 21.9 Å². The fourth-order valence-electron chi connectivity index (χ4n) is 4.40. The van der Waals surface area contributed by atoms with Crippen LogP contribution in [0.4, 0.5) is 5.69 Å². The Labute approximate surface area is 169 Å². The quantitative estimate of drug-likeness (QED) is 0.332.